The Morgan fingerprint density at radius 1 is 1.03 bits per heavy atom. The van der Waals surface area contributed by atoms with Crippen LogP contribution in [0.25, 0.3) is 5.69 Å². The number of halogens is 1. The number of aromatic nitrogens is 2. The van der Waals surface area contributed by atoms with E-state index >= 15 is 0 Å². The molecule has 0 atom stereocenters. The summed E-state index contributed by atoms with van der Waals surface area (Å²) in [5, 5.41) is 5.56. The van der Waals surface area contributed by atoms with Crippen molar-refractivity contribution in [1.29, 1.82) is 0 Å². The van der Waals surface area contributed by atoms with Crippen molar-refractivity contribution >= 4 is 17.5 Å². The standard InChI is InChI=1S/C24H25ClN4O/c25-20-10-6-18(7-11-20)17-27-12-14-28(15-13-27)24(30)23-16-22(19-8-9-19)26-29(23)21-4-2-1-3-5-21/h1-7,10-11,16,19H,8-9,12-15,17H2/p+1. The molecule has 1 amide bonds. The number of nitrogens with zero attached hydrogens (tertiary/aromatic N) is 3. The summed E-state index contributed by atoms with van der Waals surface area (Å²) in [6.07, 6.45) is 2.35. The van der Waals surface area contributed by atoms with Crippen molar-refractivity contribution in [3.8, 4) is 5.69 Å². The number of amides is 1. The van der Waals surface area contributed by atoms with Gasteiger partial charge in [-0.2, -0.15) is 5.10 Å². The van der Waals surface area contributed by atoms with E-state index in [4.69, 9.17) is 16.7 Å². The second-order valence-electron chi connectivity index (χ2n) is 8.32. The van der Waals surface area contributed by atoms with Crippen LogP contribution in [0.15, 0.2) is 60.7 Å². The van der Waals surface area contributed by atoms with Crippen molar-refractivity contribution < 1.29 is 9.69 Å². The van der Waals surface area contributed by atoms with E-state index in [0.717, 1.165) is 49.1 Å². The minimum absolute atomic E-state index is 0.0868. The van der Waals surface area contributed by atoms with Gasteiger partial charge in [0, 0.05) is 16.5 Å². The molecular weight excluding hydrogens is 396 g/mol. The van der Waals surface area contributed by atoms with Gasteiger partial charge in [-0.1, -0.05) is 41.9 Å². The Labute approximate surface area is 181 Å². The first-order valence-electron chi connectivity index (χ1n) is 10.7. The lowest BCUT2D eigenvalue weighted by molar-refractivity contribution is -0.917. The molecule has 3 aromatic rings. The lowest BCUT2D eigenvalue weighted by Crippen LogP contribution is -3.13. The van der Waals surface area contributed by atoms with E-state index in [0.29, 0.717) is 11.6 Å². The number of carbonyl (C=O) groups is 1. The first-order valence-corrected chi connectivity index (χ1v) is 11.1. The normalized spacial score (nSPS) is 17.3. The summed E-state index contributed by atoms with van der Waals surface area (Å²) in [7, 11) is 0. The highest BCUT2D eigenvalue weighted by Gasteiger charge is 2.32. The quantitative estimate of drug-likeness (QED) is 0.688. The number of hydrogen-bond acceptors (Lipinski definition) is 2. The van der Waals surface area contributed by atoms with Gasteiger partial charge in [0.2, 0.25) is 0 Å². The molecule has 5 rings (SSSR count). The molecule has 154 valence electrons. The summed E-state index contributed by atoms with van der Waals surface area (Å²) in [6, 6.07) is 20.1. The van der Waals surface area contributed by atoms with Crippen LogP contribution in [0.5, 0.6) is 0 Å². The van der Waals surface area contributed by atoms with Crippen LogP contribution in [0.2, 0.25) is 5.02 Å². The Bertz CT molecular complexity index is 1020. The molecule has 2 heterocycles. The SMILES string of the molecule is O=C(c1cc(C2CC2)nn1-c1ccccc1)N1CC[NH+](Cc2ccc(Cl)cc2)CC1. The third kappa shape index (κ3) is 4.13. The summed E-state index contributed by atoms with van der Waals surface area (Å²) < 4.78 is 1.84. The molecule has 1 N–H and O–H groups in total. The zero-order chi connectivity index (χ0) is 20.5. The molecule has 6 heteroatoms. The first-order chi connectivity index (χ1) is 14.7. The molecule has 2 aliphatic rings. The summed E-state index contributed by atoms with van der Waals surface area (Å²) in [6.45, 7) is 4.39. The van der Waals surface area contributed by atoms with Crippen LogP contribution < -0.4 is 4.90 Å². The van der Waals surface area contributed by atoms with Crippen LogP contribution in [0.4, 0.5) is 0 Å². The number of para-hydroxylation sites is 1. The molecule has 0 radical (unpaired) electrons. The minimum atomic E-state index is 0.0868. The second kappa shape index (κ2) is 8.25. The Morgan fingerprint density at radius 2 is 1.73 bits per heavy atom. The molecule has 1 saturated heterocycles. The average molecular weight is 422 g/mol. The highest BCUT2D eigenvalue weighted by atomic mass is 35.5. The lowest BCUT2D eigenvalue weighted by Gasteiger charge is -2.32. The van der Waals surface area contributed by atoms with Gasteiger partial charge < -0.3 is 9.80 Å². The number of carbonyl (C=O) groups excluding carboxylic acids is 1. The number of piperazine rings is 1. The van der Waals surface area contributed by atoms with Crippen molar-refractivity contribution in [2.75, 3.05) is 26.2 Å². The number of hydrogen-bond donors (Lipinski definition) is 1. The maximum atomic E-state index is 13.4. The lowest BCUT2D eigenvalue weighted by atomic mass is 10.2. The fourth-order valence-electron chi connectivity index (χ4n) is 4.15. The van der Waals surface area contributed by atoms with Crippen molar-refractivity contribution in [3.05, 3.63) is 82.6 Å². The van der Waals surface area contributed by atoms with E-state index in [-0.39, 0.29) is 5.91 Å². The van der Waals surface area contributed by atoms with E-state index < -0.39 is 0 Å². The van der Waals surface area contributed by atoms with Crippen LogP contribution in [0.1, 0.15) is 40.5 Å². The number of nitrogens with one attached hydrogen (secondary N) is 1. The summed E-state index contributed by atoms with van der Waals surface area (Å²) in [5.74, 6) is 0.603. The monoisotopic (exact) mass is 421 g/mol. The Hall–Kier alpha value is -2.63. The van der Waals surface area contributed by atoms with Crippen LogP contribution >= 0.6 is 11.6 Å². The topological polar surface area (TPSA) is 42.6 Å². The van der Waals surface area contributed by atoms with Gasteiger partial charge in [0.05, 0.1) is 37.6 Å². The van der Waals surface area contributed by atoms with Crippen LogP contribution in [0, 0.1) is 0 Å². The van der Waals surface area contributed by atoms with E-state index in [1.807, 2.05) is 58.1 Å². The van der Waals surface area contributed by atoms with Crippen molar-refractivity contribution in [1.82, 2.24) is 14.7 Å². The molecule has 1 aliphatic heterocycles. The molecule has 0 bridgehead atoms. The van der Waals surface area contributed by atoms with Crippen molar-refractivity contribution in [2.24, 2.45) is 0 Å². The number of benzene rings is 2. The van der Waals surface area contributed by atoms with Gasteiger partial charge in [0.25, 0.3) is 5.91 Å². The van der Waals surface area contributed by atoms with Gasteiger partial charge in [-0.3, -0.25) is 4.79 Å². The van der Waals surface area contributed by atoms with Crippen LogP contribution in [-0.4, -0.2) is 46.8 Å². The molecule has 0 spiro atoms. The fourth-order valence-corrected chi connectivity index (χ4v) is 4.28. The van der Waals surface area contributed by atoms with Crippen molar-refractivity contribution in [3.63, 3.8) is 0 Å². The summed E-state index contributed by atoms with van der Waals surface area (Å²) in [5.41, 5.74) is 3.96. The average Bonchev–Trinajstić information content (AvgIpc) is 3.54. The highest BCUT2D eigenvalue weighted by Crippen LogP contribution is 2.39. The van der Waals surface area contributed by atoms with Crippen molar-refractivity contribution in [2.45, 2.75) is 25.3 Å². The van der Waals surface area contributed by atoms with E-state index in [2.05, 4.69) is 12.1 Å². The van der Waals surface area contributed by atoms with Gasteiger partial charge in [-0.25, -0.2) is 4.68 Å². The molecule has 2 aromatic carbocycles. The number of quaternary nitrogens is 1. The van der Waals surface area contributed by atoms with Gasteiger partial charge >= 0.3 is 0 Å². The second-order valence-corrected chi connectivity index (χ2v) is 8.76. The Kier molecular flexibility index (Phi) is 5.32. The van der Waals surface area contributed by atoms with E-state index in [1.54, 1.807) is 0 Å². The zero-order valence-corrected chi connectivity index (χ0v) is 17.7. The van der Waals surface area contributed by atoms with Crippen LogP contribution in [-0.2, 0) is 6.54 Å². The molecule has 1 aromatic heterocycles. The van der Waals surface area contributed by atoms with Gasteiger partial charge in [0.15, 0.2) is 0 Å². The smallest absolute Gasteiger partial charge is 0.273 e. The Balaban J connectivity index is 1.29. The highest BCUT2D eigenvalue weighted by molar-refractivity contribution is 6.30. The maximum absolute atomic E-state index is 13.4. The first kappa shape index (κ1) is 19.3. The molecule has 1 saturated carbocycles. The number of rotatable bonds is 5. The van der Waals surface area contributed by atoms with E-state index in [9.17, 15) is 4.79 Å². The molecule has 1 aliphatic carbocycles. The fraction of sp³-hybridized carbons (Fsp3) is 0.333. The molecular formula is C24H26ClN4O+. The molecule has 5 nitrogen and oxygen atoms in total. The zero-order valence-electron chi connectivity index (χ0n) is 16.9. The van der Waals surface area contributed by atoms with Gasteiger partial charge in [-0.05, 0) is 43.2 Å². The largest absolute Gasteiger partial charge is 0.328 e. The Morgan fingerprint density at radius 3 is 2.40 bits per heavy atom. The molecule has 0 unspecified atom stereocenters. The predicted molar refractivity (Wildman–Crippen MR) is 117 cm³/mol. The minimum Gasteiger partial charge on any atom is -0.328 e. The molecule has 2 fully saturated rings. The van der Waals surface area contributed by atoms with E-state index in [1.165, 1.54) is 23.3 Å². The third-order valence-corrected chi connectivity index (χ3v) is 6.32. The summed E-state index contributed by atoms with van der Waals surface area (Å²) >= 11 is 5.99. The summed E-state index contributed by atoms with van der Waals surface area (Å²) in [4.78, 5) is 16.9. The van der Waals surface area contributed by atoms with Gasteiger partial charge in [-0.15, -0.1) is 0 Å². The molecule has 30 heavy (non-hydrogen) atoms. The third-order valence-electron chi connectivity index (χ3n) is 6.07. The van der Waals surface area contributed by atoms with Crippen LogP contribution in [0.3, 0.4) is 0 Å². The van der Waals surface area contributed by atoms with Gasteiger partial charge in [0.1, 0.15) is 12.2 Å². The maximum Gasteiger partial charge on any atom is 0.273 e. The predicted octanol–water partition coefficient (Wildman–Crippen LogP) is 2.94.